The summed E-state index contributed by atoms with van der Waals surface area (Å²) in [4.78, 5) is 44.2. The third kappa shape index (κ3) is 4.99. The van der Waals surface area contributed by atoms with E-state index in [1.54, 1.807) is 54.9 Å². The highest BCUT2D eigenvalue weighted by Gasteiger charge is 2.22. The molecule has 3 aromatic heterocycles. The molecule has 0 saturated carbocycles. The van der Waals surface area contributed by atoms with E-state index in [0.717, 1.165) is 0 Å². The van der Waals surface area contributed by atoms with Crippen LogP contribution in [0.2, 0.25) is 5.02 Å². The van der Waals surface area contributed by atoms with Crippen molar-refractivity contribution in [3.63, 3.8) is 0 Å². The van der Waals surface area contributed by atoms with Crippen LogP contribution in [0.15, 0.2) is 71.6 Å². The molecule has 192 valence electrons. The maximum absolute atomic E-state index is 13.8. The smallest absolute Gasteiger partial charge is 0.323 e. The molecule has 0 spiro atoms. The van der Waals surface area contributed by atoms with E-state index in [0.29, 0.717) is 33.1 Å². The minimum Gasteiger partial charge on any atom is -0.503 e. The Morgan fingerprint density at radius 3 is 2.87 bits per heavy atom. The van der Waals surface area contributed by atoms with Crippen molar-refractivity contribution in [1.29, 1.82) is 0 Å². The van der Waals surface area contributed by atoms with Crippen molar-refractivity contribution < 1.29 is 14.3 Å². The minimum absolute atomic E-state index is 0.259. The van der Waals surface area contributed by atoms with Gasteiger partial charge in [-0.2, -0.15) is 4.98 Å². The zero-order chi connectivity index (χ0) is 26.6. The fourth-order valence-electron chi connectivity index (χ4n) is 3.78. The van der Waals surface area contributed by atoms with Gasteiger partial charge in [-0.1, -0.05) is 23.7 Å². The molecule has 0 fully saturated rings. The molecule has 5 rings (SSSR count). The number of halogens is 1. The Balaban J connectivity index is 1.60. The molecule has 38 heavy (non-hydrogen) atoms. The number of carbonyl (C=O) groups is 1. The Morgan fingerprint density at radius 2 is 2.03 bits per heavy atom. The Kier molecular flexibility index (Phi) is 7.15. The van der Waals surface area contributed by atoms with Gasteiger partial charge in [0.2, 0.25) is 5.88 Å². The molecule has 2 aromatic carbocycles. The number of ether oxygens (including phenoxy) is 2. The van der Waals surface area contributed by atoms with Gasteiger partial charge in [-0.15, -0.1) is 11.3 Å². The topological polar surface area (TPSA) is 133 Å². The predicted molar refractivity (Wildman–Crippen MR) is 145 cm³/mol. The van der Waals surface area contributed by atoms with Crippen molar-refractivity contribution in [3.8, 4) is 11.6 Å². The molecule has 13 heteroatoms. The first-order valence-electron chi connectivity index (χ1n) is 11.2. The number of fused-ring (bicyclic) bond motifs is 2. The Hall–Kier alpha value is -4.55. The lowest BCUT2D eigenvalue weighted by molar-refractivity contribution is 0.207. The van der Waals surface area contributed by atoms with E-state index in [2.05, 4.69) is 25.6 Å². The number of aromatic nitrogens is 5. The van der Waals surface area contributed by atoms with Gasteiger partial charge in [0.1, 0.15) is 6.33 Å². The van der Waals surface area contributed by atoms with Crippen LogP contribution in [0.3, 0.4) is 0 Å². The molecule has 1 unspecified atom stereocenters. The normalized spacial score (nSPS) is 12.1. The summed E-state index contributed by atoms with van der Waals surface area (Å²) in [5, 5.41) is 5.75. The molecule has 0 bridgehead atoms. The number of carbonyl (C=O) groups excluding carboxylic acids is 1. The highest BCUT2D eigenvalue weighted by molar-refractivity contribution is 7.16. The summed E-state index contributed by atoms with van der Waals surface area (Å²) >= 11 is 7.77. The molecule has 0 saturated heterocycles. The van der Waals surface area contributed by atoms with Gasteiger partial charge in [0.25, 0.3) is 5.56 Å². The number of methoxy groups -OCH3 is 1. The first-order chi connectivity index (χ1) is 18.5. The highest BCUT2D eigenvalue weighted by atomic mass is 35.5. The Labute approximate surface area is 224 Å². The fraction of sp³-hybridized carbons (Fsp3) is 0.120. The second-order valence-electron chi connectivity index (χ2n) is 7.88. The van der Waals surface area contributed by atoms with Crippen molar-refractivity contribution in [3.05, 3.63) is 88.0 Å². The lowest BCUT2D eigenvalue weighted by atomic mass is 10.2. The highest BCUT2D eigenvalue weighted by Crippen LogP contribution is 2.29. The van der Waals surface area contributed by atoms with Crippen molar-refractivity contribution in [2.24, 2.45) is 0 Å². The third-order valence-electron chi connectivity index (χ3n) is 5.41. The molecular weight excluding hydrogens is 530 g/mol. The van der Waals surface area contributed by atoms with E-state index in [9.17, 15) is 9.59 Å². The summed E-state index contributed by atoms with van der Waals surface area (Å²) in [6, 6.07) is 11.3. The monoisotopic (exact) mass is 549 g/mol. The largest absolute Gasteiger partial charge is 0.503 e. The van der Waals surface area contributed by atoms with Crippen molar-refractivity contribution >= 4 is 55.9 Å². The lowest BCUT2D eigenvalue weighted by Gasteiger charge is -2.20. The molecule has 0 radical (unpaired) electrons. The van der Waals surface area contributed by atoms with Crippen molar-refractivity contribution in [2.45, 2.75) is 13.0 Å². The van der Waals surface area contributed by atoms with Gasteiger partial charge in [-0.3, -0.25) is 9.36 Å². The van der Waals surface area contributed by atoms with Crippen LogP contribution in [-0.4, -0.2) is 37.6 Å². The van der Waals surface area contributed by atoms with Crippen LogP contribution in [0.4, 0.5) is 10.5 Å². The summed E-state index contributed by atoms with van der Waals surface area (Å²) in [6.45, 7) is 1.76. The minimum atomic E-state index is -0.732. The van der Waals surface area contributed by atoms with E-state index in [1.165, 1.54) is 41.8 Å². The number of nitrogens with one attached hydrogen (secondary N) is 2. The fourth-order valence-corrected chi connectivity index (χ4v) is 4.64. The summed E-state index contributed by atoms with van der Waals surface area (Å²) in [7, 11) is 1.47. The summed E-state index contributed by atoms with van der Waals surface area (Å²) in [6.07, 6.45) is 3.34. The number of hydrogen-bond acceptors (Lipinski definition) is 9. The molecule has 0 aliphatic heterocycles. The molecule has 5 aromatic rings. The zero-order valence-electron chi connectivity index (χ0n) is 20.1. The van der Waals surface area contributed by atoms with Crippen LogP contribution in [-0.2, 0) is 4.74 Å². The SMILES string of the molecule is CO/C=C/NC(=O)Nc1cccc(-n2c(C(C)Oc3ncnc4scnc34)nc3cccc(Cl)c3c2=O)c1. The van der Waals surface area contributed by atoms with Gasteiger partial charge in [-0.25, -0.2) is 19.7 Å². The maximum Gasteiger partial charge on any atom is 0.323 e. The predicted octanol–water partition coefficient (Wildman–Crippen LogP) is 4.82. The first-order valence-corrected chi connectivity index (χ1v) is 12.5. The number of urea groups is 1. The quantitative estimate of drug-likeness (QED) is 0.276. The van der Waals surface area contributed by atoms with Crippen LogP contribution < -0.4 is 20.9 Å². The number of rotatable bonds is 7. The number of anilines is 1. The molecule has 2 N–H and O–H groups in total. The van der Waals surface area contributed by atoms with E-state index >= 15 is 0 Å². The zero-order valence-corrected chi connectivity index (χ0v) is 21.7. The molecule has 2 amide bonds. The molecule has 0 aliphatic rings. The average molecular weight is 550 g/mol. The van der Waals surface area contributed by atoms with Gasteiger partial charge >= 0.3 is 6.03 Å². The van der Waals surface area contributed by atoms with E-state index in [-0.39, 0.29) is 16.3 Å². The van der Waals surface area contributed by atoms with Crippen LogP contribution in [0.25, 0.3) is 26.9 Å². The van der Waals surface area contributed by atoms with Crippen LogP contribution in [0, 0.1) is 0 Å². The number of nitrogens with zero attached hydrogens (tertiary/aromatic N) is 5. The Bertz CT molecular complexity index is 1740. The van der Waals surface area contributed by atoms with Gasteiger partial charge in [0.15, 0.2) is 22.3 Å². The third-order valence-corrected chi connectivity index (χ3v) is 6.45. The molecule has 3 heterocycles. The van der Waals surface area contributed by atoms with Gasteiger partial charge in [0.05, 0.1) is 40.5 Å². The average Bonchev–Trinajstić information content (AvgIpc) is 3.39. The molecule has 11 nitrogen and oxygen atoms in total. The standard InChI is InChI=1S/C25H20ClN7O4S/c1-14(37-22-20-23(29-12-28-22)38-13-30-20)21-32-18-8-4-7-17(26)19(18)24(34)33(21)16-6-3-5-15(11-16)31-25(35)27-9-10-36-2/h3-14H,1-2H3,(H2,27,31,35)/b10-9+. The molecule has 1 atom stereocenters. The second kappa shape index (κ2) is 10.8. The summed E-state index contributed by atoms with van der Waals surface area (Å²) < 4.78 is 12.3. The van der Waals surface area contributed by atoms with E-state index in [1.807, 2.05) is 0 Å². The van der Waals surface area contributed by atoms with Crippen molar-refractivity contribution in [2.75, 3.05) is 12.4 Å². The number of thiazole rings is 1. The van der Waals surface area contributed by atoms with E-state index < -0.39 is 17.7 Å². The Morgan fingerprint density at radius 1 is 1.18 bits per heavy atom. The van der Waals surface area contributed by atoms with E-state index in [4.69, 9.17) is 26.1 Å². The second-order valence-corrected chi connectivity index (χ2v) is 9.12. The van der Waals surface area contributed by atoms with Gasteiger partial charge in [-0.05, 0) is 37.3 Å². The molecular formula is C25H20ClN7O4S. The van der Waals surface area contributed by atoms with Gasteiger partial charge in [0, 0.05) is 11.9 Å². The van der Waals surface area contributed by atoms with Crippen LogP contribution >= 0.6 is 22.9 Å². The lowest BCUT2D eigenvalue weighted by Crippen LogP contribution is -2.27. The maximum atomic E-state index is 13.8. The summed E-state index contributed by atoms with van der Waals surface area (Å²) in [5.74, 6) is 0.573. The molecule has 0 aliphatic carbocycles. The van der Waals surface area contributed by atoms with Gasteiger partial charge < -0.3 is 20.1 Å². The van der Waals surface area contributed by atoms with Crippen LogP contribution in [0.1, 0.15) is 18.9 Å². The number of hydrogen-bond donors (Lipinski definition) is 2. The van der Waals surface area contributed by atoms with Crippen LogP contribution in [0.5, 0.6) is 5.88 Å². The first kappa shape index (κ1) is 25.1. The van der Waals surface area contributed by atoms with Crippen molar-refractivity contribution in [1.82, 2.24) is 29.8 Å². The summed E-state index contributed by atoms with van der Waals surface area (Å²) in [5.41, 5.74) is 3.09. The number of benzene rings is 2. The number of amides is 2.